The monoisotopic (exact) mass is 418 g/mol. The summed E-state index contributed by atoms with van der Waals surface area (Å²) in [6.45, 7) is 0. The van der Waals surface area contributed by atoms with Crippen LogP contribution in [0.4, 0.5) is 4.39 Å². The van der Waals surface area contributed by atoms with E-state index in [-0.39, 0.29) is 11.6 Å². The fourth-order valence-electron chi connectivity index (χ4n) is 3.73. The van der Waals surface area contributed by atoms with Gasteiger partial charge in [-0.15, -0.1) is 0 Å². The van der Waals surface area contributed by atoms with Crippen molar-refractivity contribution in [2.24, 2.45) is 0 Å². The van der Waals surface area contributed by atoms with E-state index in [0.29, 0.717) is 33.8 Å². The number of pyridine rings is 1. The van der Waals surface area contributed by atoms with Gasteiger partial charge >= 0.3 is 0 Å². The summed E-state index contributed by atoms with van der Waals surface area (Å²) in [5.74, 6) is -0.428. The molecule has 1 N–H and O–H groups in total. The van der Waals surface area contributed by atoms with Crippen LogP contribution in [0.2, 0.25) is 0 Å². The van der Waals surface area contributed by atoms with Crippen LogP contribution in [-0.4, -0.2) is 15.8 Å². The van der Waals surface area contributed by atoms with Gasteiger partial charge in [-0.2, -0.15) is 0 Å². The Hall–Kier alpha value is -4.31. The van der Waals surface area contributed by atoms with Crippen LogP contribution in [0.3, 0.4) is 0 Å². The highest BCUT2D eigenvalue weighted by atomic mass is 19.1. The normalized spacial score (nSPS) is 10.8. The molecule has 2 heterocycles. The standard InChI is InChI=1S/C28H19FN2O/c29-23-14-8-7-13-21(23)25-17-18-26(30-25)27-22(28(32)20-11-5-2-6-12-20)15-16-24(31-27)19-9-3-1-4-10-19/h1-18,30H. The van der Waals surface area contributed by atoms with Gasteiger partial charge in [0.05, 0.1) is 22.6 Å². The molecule has 3 nitrogen and oxygen atoms in total. The number of nitrogens with zero attached hydrogens (tertiary/aromatic N) is 1. The fraction of sp³-hybridized carbons (Fsp3) is 0. The summed E-state index contributed by atoms with van der Waals surface area (Å²) in [5, 5.41) is 0. The first kappa shape index (κ1) is 19.6. The molecule has 0 unspecified atom stereocenters. The number of nitrogens with one attached hydrogen (secondary N) is 1. The smallest absolute Gasteiger partial charge is 0.195 e. The third-order valence-corrected chi connectivity index (χ3v) is 5.35. The summed E-state index contributed by atoms with van der Waals surface area (Å²) in [4.78, 5) is 21.4. The Morgan fingerprint density at radius 3 is 2.09 bits per heavy atom. The van der Waals surface area contributed by atoms with Crippen LogP contribution in [-0.2, 0) is 0 Å². The quantitative estimate of drug-likeness (QED) is 0.320. The van der Waals surface area contributed by atoms with E-state index in [1.807, 2.05) is 66.7 Å². The molecular formula is C28H19FN2O. The molecule has 0 amide bonds. The molecule has 0 aliphatic rings. The number of aromatic nitrogens is 2. The summed E-state index contributed by atoms with van der Waals surface area (Å²) in [6, 6.07) is 32.8. The number of carbonyl (C=O) groups excluding carboxylic acids is 1. The Kier molecular flexibility index (Phi) is 5.18. The lowest BCUT2D eigenvalue weighted by molar-refractivity contribution is 0.103. The van der Waals surface area contributed by atoms with Crippen LogP contribution < -0.4 is 0 Å². The van der Waals surface area contributed by atoms with E-state index in [1.165, 1.54) is 6.07 Å². The van der Waals surface area contributed by atoms with Crippen LogP contribution in [0.15, 0.2) is 109 Å². The van der Waals surface area contributed by atoms with Crippen LogP contribution in [0, 0.1) is 5.82 Å². The van der Waals surface area contributed by atoms with Gasteiger partial charge < -0.3 is 4.98 Å². The zero-order chi connectivity index (χ0) is 21.9. The Morgan fingerprint density at radius 2 is 1.34 bits per heavy atom. The van der Waals surface area contributed by atoms with Gasteiger partial charge in [0.2, 0.25) is 0 Å². The minimum absolute atomic E-state index is 0.116. The minimum Gasteiger partial charge on any atom is -0.353 e. The maximum absolute atomic E-state index is 14.3. The van der Waals surface area contributed by atoms with Crippen molar-refractivity contribution in [2.75, 3.05) is 0 Å². The predicted molar refractivity (Wildman–Crippen MR) is 125 cm³/mol. The molecule has 0 saturated heterocycles. The van der Waals surface area contributed by atoms with Gasteiger partial charge in [0.25, 0.3) is 0 Å². The molecule has 5 aromatic rings. The van der Waals surface area contributed by atoms with Gasteiger partial charge in [0.1, 0.15) is 5.82 Å². The van der Waals surface area contributed by atoms with Crippen LogP contribution in [0.5, 0.6) is 0 Å². The molecule has 154 valence electrons. The van der Waals surface area contributed by atoms with Gasteiger partial charge in [-0.3, -0.25) is 4.79 Å². The molecule has 0 aliphatic heterocycles. The summed E-state index contributed by atoms with van der Waals surface area (Å²) in [7, 11) is 0. The first-order chi connectivity index (χ1) is 15.7. The zero-order valence-corrected chi connectivity index (χ0v) is 17.1. The SMILES string of the molecule is O=C(c1ccccc1)c1ccc(-c2ccccc2)nc1-c1ccc(-c2ccccc2F)[nH]1. The molecule has 5 rings (SSSR count). The molecule has 3 aromatic carbocycles. The number of benzene rings is 3. The molecule has 0 aliphatic carbocycles. The fourth-order valence-corrected chi connectivity index (χ4v) is 3.73. The number of rotatable bonds is 5. The van der Waals surface area contributed by atoms with Crippen molar-refractivity contribution in [3.63, 3.8) is 0 Å². The number of hydrogen-bond donors (Lipinski definition) is 1. The van der Waals surface area contributed by atoms with E-state index in [9.17, 15) is 9.18 Å². The Morgan fingerprint density at radius 1 is 0.688 bits per heavy atom. The van der Waals surface area contributed by atoms with Crippen molar-refractivity contribution >= 4 is 5.78 Å². The largest absolute Gasteiger partial charge is 0.353 e. The highest BCUT2D eigenvalue weighted by molar-refractivity contribution is 6.12. The van der Waals surface area contributed by atoms with E-state index < -0.39 is 0 Å². The Labute approximate surface area is 185 Å². The van der Waals surface area contributed by atoms with Crippen molar-refractivity contribution in [3.8, 4) is 33.9 Å². The highest BCUT2D eigenvalue weighted by Gasteiger charge is 2.19. The lowest BCUT2D eigenvalue weighted by atomic mass is 9.99. The van der Waals surface area contributed by atoms with Crippen molar-refractivity contribution in [2.45, 2.75) is 0 Å². The molecule has 0 spiro atoms. The lowest BCUT2D eigenvalue weighted by Crippen LogP contribution is -2.06. The molecule has 0 saturated carbocycles. The summed E-state index contributed by atoms with van der Waals surface area (Å²) in [6.07, 6.45) is 0. The second-order valence-corrected chi connectivity index (χ2v) is 7.42. The van der Waals surface area contributed by atoms with E-state index in [1.54, 1.807) is 36.4 Å². The number of H-pyrrole nitrogens is 1. The van der Waals surface area contributed by atoms with E-state index in [4.69, 9.17) is 4.98 Å². The van der Waals surface area contributed by atoms with Crippen molar-refractivity contribution in [1.82, 2.24) is 9.97 Å². The molecule has 2 aromatic heterocycles. The van der Waals surface area contributed by atoms with Gasteiger partial charge in [0.15, 0.2) is 5.78 Å². The molecule has 0 atom stereocenters. The zero-order valence-electron chi connectivity index (χ0n) is 17.1. The molecule has 0 radical (unpaired) electrons. The lowest BCUT2D eigenvalue weighted by Gasteiger charge is -2.10. The average molecular weight is 418 g/mol. The molecule has 4 heteroatoms. The molecule has 32 heavy (non-hydrogen) atoms. The maximum atomic E-state index is 14.3. The van der Waals surface area contributed by atoms with Crippen molar-refractivity contribution < 1.29 is 9.18 Å². The van der Waals surface area contributed by atoms with E-state index in [2.05, 4.69) is 4.98 Å². The third-order valence-electron chi connectivity index (χ3n) is 5.35. The number of hydrogen-bond acceptors (Lipinski definition) is 2. The van der Waals surface area contributed by atoms with Gasteiger partial charge in [-0.05, 0) is 36.4 Å². The summed E-state index contributed by atoms with van der Waals surface area (Å²) >= 11 is 0. The van der Waals surface area contributed by atoms with Crippen LogP contribution in [0.1, 0.15) is 15.9 Å². The molecule has 0 fully saturated rings. The average Bonchev–Trinajstić information content (AvgIpc) is 3.34. The number of halogens is 1. The topological polar surface area (TPSA) is 45.8 Å². The third kappa shape index (κ3) is 3.74. The maximum Gasteiger partial charge on any atom is 0.195 e. The summed E-state index contributed by atoms with van der Waals surface area (Å²) < 4.78 is 14.3. The van der Waals surface area contributed by atoms with Crippen molar-refractivity contribution in [1.29, 1.82) is 0 Å². The number of carbonyl (C=O) groups is 1. The molecule has 0 bridgehead atoms. The Bertz CT molecular complexity index is 1390. The van der Waals surface area contributed by atoms with E-state index >= 15 is 0 Å². The van der Waals surface area contributed by atoms with Gasteiger partial charge in [-0.1, -0.05) is 72.8 Å². The molecular weight excluding hydrogens is 399 g/mol. The van der Waals surface area contributed by atoms with Gasteiger partial charge in [0, 0.05) is 22.4 Å². The summed E-state index contributed by atoms with van der Waals surface area (Å²) in [5.41, 5.74) is 5.06. The second kappa shape index (κ2) is 8.44. The highest BCUT2D eigenvalue weighted by Crippen LogP contribution is 2.30. The first-order valence-electron chi connectivity index (χ1n) is 10.3. The predicted octanol–water partition coefficient (Wildman–Crippen LogP) is 6.78. The van der Waals surface area contributed by atoms with Crippen molar-refractivity contribution in [3.05, 3.63) is 126 Å². The van der Waals surface area contributed by atoms with Crippen LogP contribution in [0.25, 0.3) is 33.9 Å². The number of ketones is 1. The first-order valence-corrected chi connectivity index (χ1v) is 10.3. The Balaban J connectivity index is 1.65. The van der Waals surface area contributed by atoms with Crippen LogP contribution >= 0.6 is 0 Å². The minimum atomic E-state index is -0.313. The van der Waals surface area contributed by atoms with E-state index in [0.717, 1.165) is 11.3 Å². The number of aromatic amines is 1. The second-order valence-electron chi connectivity index (χ2n) is 7.42. The van der Waals surface area contributed by atoms with Gasteiger partial charge in [-0.25, -0.2) is 9.37 Å².